The maximum atomic E-state index is 12.7. The van der Waals surface area contributed by atoms with E-state index < -0.39 is 10.4 Å². The number of allylic oxidation sites excluding steroid dienone is 4. The first-order valence-electron chi connectivity index (χ1n) is 21.8. The minimum atomic E-state index is -4.16. The van der Waals surface area contributed by atoms with Crippen LogP contribution in [0, 0.1) is 0 Å². The van der Waals surface area contributed by atoms with E-state index in [0.717, 1.165) is 58.7 Å². The average molecular weight is 790 g/mol. The van der Waals surface area contributed by atoms with Crippen molar-refractivity contribution < 1.29 is 31.8 Å². The molecular weight excluding hydrogens is 703 g/mol. The quantitative estimate of drug-likeness (QED) is 0.0275. The second kappa shape index (κ2) is 47.5. The normalized spacial score (nSPS) is 11.4. The zero-order valence-corrected chi connectivity index (χ0v) is 36.3. The molecule has 0 heterocycles. The van der Waals surface area contributed by atoms with E-state index in [1.807, 2.05) is 6.92 Å². The number of hydrogen-bond donors (Lipinski definition) is 4. The Morgan fingerprint density at radius 3 is 1.19 bits per heavy atom. The van der Waals surface area contributed by atoms with Gasteiger partial charge in [0.1, 0.15) is 0 Å². The summed E-state index contributed by atoms with van der Waals surface area (Å²) < 4.78 is 29.7. The zero-order valence-electron chi connectivity index (χ0n) is 35.5. The maximum absolute atomic E-state index is 12.7. The van der Waals surface area contributed by atoms with E-state index in [9.17, 15) is 18.0 Å². The third-order valence-corrected chi connectivity index (χ3v) is 9.43. The summed E-state index contributed by atoms with van der Waals surface area (Å²) in [4.78, 5) is 26.8. The number of imide groups is 1. The first kappa shape index (κ1) is 56.7. The summed E-state index contributed by atoms with van der Waals surface area (Å²) in [6.45, 7) is 9.15. The van der Waals surface area contributed by atoms with E-state index >= 15 is 0 Å². The first-order valence-corrected chi connectivity index (χ1v) is 23.2. The topological polar surface area (TPSA) is 159 Å². The predicted molar refractivity (Wildman–Crippen MR) is 229 cm³/mol. The lowest BCUT2D eigenvalue weighted by Crippen LogP contribution is -2.40. The molecule has 0 saturated heterocycles. The van der Waals surface area contributed by atoms with Crippen molar-refractivity contribution in [1.82, 2.24) is 10.2 Å². The number of likely N-dealkylation sites (N-methyl/N-ethyl adjacent to an activating group) is 1. The van der Waals surface area contributed by atoms with Crippen LogP contribution in [0.1, 0.15) is 201 Å². The van der Waals surface area contributed by atoms with Crippen molar-refractivity contribution in [3.8, 4) is 0 Å². The third-order valence-electron chi connectivity index (χ3n) is 9.01. The Labute approximate surface area is 333 Å². The van der Waals surface area contributed by atoms with Crippen molar-refractivity contribution >= 4 is 22.2 Å². The molecule has 0 aliphatic rings. The second-order valence-electron chi connectivity index (χ2n) is 14.1. The molecule has 0 aromatic rings. The van der Waals surface area contributed by atoms with E-state index in [1.165, 1.54) is 133 Å². The van der Waals surface area contributed by atoms with E-state index in [4.69, 9.17) is 15.4 Å². The molecule has 0 aromatic carbocycles. The lowest BCUT2D eigenvalue weighted by Gasteiger charge is -2.20. The number of carbonyl (C=O) groups is 2. The minimum Gasteiger partial charge on any atom is -0.395 e. The van der Waals surface area contributed by atoms with Crippen molar-refractivity contribution in [3.63, 3.8) is 0 Å². The number of unbranched alkanes of at least 4 members (excludes halogenated alkanes) is 22. The van der Waals surface area contributed by atoms with Gasteiger partial charge in [0.05, 0.1) is 13.7 Å². The Bertz CT molecular complexity index is 889. The van der Waals surface area contributed by atoms with Crippen LogP contribution >= 0.6 is 0 Å². The number of aliphatic hydroxyl groups excluding tert-OH is 1. The van der Waals surface area contributed by atoms with E-state index in [1.54, 1.807) is 0 Å². The van der Waals surface area contributed by atoms with Gasteiger partial charge in [0.2, 0.25) is 11.8 Å². The van der Waals surface area contributed by atoms with Crippen molar-refractivity contribution in [2.45, 2.75) is 201 Å². The minimum absolute atomic E-state index is 0.0316. The molecule has 0 radical (unpaired) electrons. The summed E-state index contributed by atoms with van der Waals surface area (Å²) in [5.74, 6) is -0.0633. The molecule has 0 spiro atoms. The third kappa shape index (κ3) is 50.4. The van der Waals surface area contributed by atoms with Gasteiger partial charge in [0, 0.05) is 32.5 Å². The van der Waals surface area contributed by atoms with Gasteiger partial charge in [-0.2, -0.15) is 8.42 Å². The fraction of sp³-hybridized carbons (Fsp3) is 0.860. The number of hydrogen-bond acceptors (Lipinski definition) is 8. The number of nitrogens with one attached hydrogen (secondary N) is 1. The molecule has 0 aliphatic heterocycles. The molecular formula is C43H87N3O7S. The number of aliphatic hydroxyl groups is 1. The molecule has 0 bridgehead atoms. The summed E-state index contributed by atoms with van der Waals surface area (Å²) in [6.07, 6.45) is 42.6. The fourth-order valence-electron chi connectivity index (χ4n) is 5.74. The zero-order chi connectivity index (χ0) is 40.8. The standard InChI is InChI=1S/C38H72N2O2.C4H11NO.CH4O4S/c1-3-5-7-9-11-13-15-17-19-21-23-25-27-29-31-33-37(41)40(36-35-39)38(42)34-32-30-28-26-24-22-20-18-16-14-12-10-8-6-4-2;1-2-5-3-4-6;1-5-6(2,3)4/h17-20H,3-16,21-36,39H2,1-2H3;5-6H,2-4H2,1H3;1H3,(H,2,3,4)/b19-17-,20-18-;;. The van der Waals surface area contributed by atoms with Gasteiger partial charge in [0.25, 0.3) is 0 Å². The SMILES string of the molecule is CCCCCCCC/C=C\CCCCCCCC(=O)N(CCN)C(=O)CCCCCCC/C=C\CCCCCCCC.CCNCCO.COS(=O)(=O)O. The summed E-state index contributed by atoms with van der Waals surface area (Å²) >= 11 is 0. The van der Waals surface area contributed by atoms with Crippen LogP contribution in [-0.2, 0) is 24.2 Å². The molecule has 0 atom stereocenters. The summed E-state index contributed by atoms with van der Waals surface area (Å²) in [6, 6.07) is 0. The van der Waals surface area contributed by atoms with Gasteiger partial charge < -0.3 is 16.2 Å². The van der Waals surface area contributed by atoms with Crippen molar-refractivity contribution in [2.75, 3.05) is 39.9 Å². The molecule has 54 heavy (non-hydrogen) atoms. The van der Waals surface area contributed by atoms with Crippen LogP contribution < -0.4 is 11.1 Å². The van der Waals surface area contributed by atoms with Gasteiger partial charge in [0.15, 0.2) is 0 Å². The fourth-order valence-corrected chi connectivity index (χ4v) is 5.74. The van der Waals surface area contributed by atoms with Crippen LogP contribution in [0.3, 0.4) is 0 Å². The van der Waals surface area contributed by atoms with Gasteiger partial charge >= 0.3 is 10.4 Å². The smallest absolute Gasteiger partial charge is 0.395 e. The van der Waals surface area contributed by atoms with E-state index in [2.05, 4.69) is 47.7 Å². The largest absolute Gasteiger partial charge is 0.397 e. The summed E-state index contributed by atoms with van der Waals surface area (Å²) in [7, 11) is -3.29. The Morgan fingerprint density at radius 2 is 0.926 bits per heavy atom. The van der Waals surface area contributed by atoms with Crippen LogP contribution in [-0.4, -0.2) is 74.7 Å². The molecule has 0 aromatic heterocycles. The number of rotatable bonds is 36. The van der Waals surface area contributed by atoms with Crippen LogP contribution in [0.2, 0.25) is 0 Å². The Kier molecular flexibility index (Phi) is 49.9. The van der Waals surface area contributed by atoms with Crippen LogP contribution in [0.5, 0.6) is 0 Å². The van der Waals surface area contributed by atoms with Gasteiger partial charge in [-0.05, 0) is 70.8 Å². The molecule has 0 rings (SSSR count). The average Bonchev–Trinajstić information content (AvgIpc) is 3.16. The van der Waals surface area contributed by atoms with Gasteiger partial charge in [-0.15, -0.1) is 0 Å². The molecule has 0 unspecified atom stereocenters. The van der Waals surface area contributed by atoms with Crippen molar-refractivity contribution in [1.29, 1.82) is 0 Å². The van der Waals surface area contributed by atoms with Gasteiger partial charge in [-0.1, -0.05) is 148 Å². The number of carbonyl (C=O) groups excluding carboxylic acids is 2. The van der Waals surface area contributed by atoms with Crippen LogP contribution in [0.15, 0.2) is 24.3 Å². The highest BCUT2D eigenvalue weighted by Gasteiger charge is 2.19. The van der Waals surface area contributed by atoms with Gasteiger partial charge in [-0.25, -0.2) is 0 Å². The highest BCUT2D eigenvalue weighted by Crippen LogP contribution is 2.13. The molecule has 2 amide bonds. The summed E-state index contributed by atoms with van der Waals surface area (Å²) in [5, 5.41) is 11.1. The number of nitrogens with two attached hydrogens (primary N) is 1. The Hall–Kier alpha value is -1.63. The Morgan fingerprint density at radius 1 is 0.611 bits per heavy atom. The van der Waals surface area contributed by atoms with Crippen molar-refractivity contribution in [3.05, 3.63) is 24.3 Å². The van der Waals surface area contributed by atoms with Crippen LogP contribution in [0.25, 0.3) is 0 Å². The van der Waals surface area contributed by atoms with Crippen molar-refractivity contribution in [2.24, 2.45) is 5.73 Å². The lowest BCUT2D eigenvalue weighted by atomic mass is 10.1. The molecule has 0 fully saturated rings. The molecule has 10 nitrogen and oxygen atoms in total. The van der Waals surface area contributed by atoms with E-state index in [-0.39, 0.29) is 18.4 Å². The number of nitrogens with zero attached hydrogens (tertiary/aromatic N) is 1. The predicted octanol–water partition coefficient (Wildman–Crippen LogP) is 10.4. The lowest BCUT2D eigenvalue weighted by molar-refractivity contribution is -0.144. The maximum Gasteiger partial charge on any atom is 0.397 e. The highest BCUT2D eigenvalue weighted by atomic mass is 32.3. The molecule has 0 aliphatic carbocycles. The second-order valence-corrected chi connectivity index (χ2v) is 15.3. The van der Waals surface area contributed by atoms with Gasteiger partial charge in [-0.3, -0.25) is 23.2 Å². The summed E-state index contributed by atoms with van der Waals surface area (Å²) in [5.41, 5.74) is 5.72. The monoisotopic (exact) mass is 790 g/mol. The van der Waals surface area contributed by atoms with E-state index in [0.29, 0.717) is 25.9 Å². The van der Waals surface area contributed by atoms with Crippen LogP contribution in [0.4, 0.5) is 0 Å². The molecule has 11 heteroatoms. The first-order chi connectivity index (χ1) is 26.1. The molecule has 5 N–H and O–H groups in total. The highest BCUT2D eigenvalue weighted by molar-refractivity contribution is 7.80. The number of amides is 2. The molecule has 322 valence electrons. The Balaban J connectivity index is -0.00000185. The molecule has 0 saturated carbocycles.